The van der Waals surface area contributed by atoms with Crippen molar-refractivity contribution in [3.8, 4) is 22.4 Å². The predicted molar refractivity (Wildman–Crippen MR) is 215 cm³/mol. The highest BCUT2D eigenvalue weighted by Gasteiger charge is 2.55. The quantitative estimate of drug-likeness (QED) is 0.116. The summed E-state index contributed by atoms with van der Waals surface area (Å²) in [6.45, 7) is 11.7. The molecule has 0 fully saturated rings. The molecule has 1 unspecified atom stereocenters. The molecule has 1 aliphatic heterocycles. The van der Waals surface area contributed by atoms with Gasteiger partial charge in [-0.3, -0.25) is 0 Å². The molecule has 3 heteroatoms. The van der Waals surface area contributed by atoms with Gasteiger partial charge < -0.3 is 4.42 Å². The summed E-state index contributed by atoms with van der Waals surface area (Å²) in [7, 11) is 0. The largest absolute Gasteiger partial charge is 0.456 e. The Balaban J connectivity index is 1.36. The van der Waals surface area contributed by atoms with E-state index in [0.717, 1.165) is 35.8 Å². The molecule has 258 valence electrons. The first-order chi connectivity index (χ1) is 25.5. The second kappa shape index (κ2) is 12.7. The van der Waals surface area contributed by atoms with Gasteiger partial charge in [0.2, 0.25) is 16.9 Å². The van der Waals surface area contributed by atoms with Crippen LogP contribution in [0.1, 0.15) is 81.7 Å². The number of pyridine rings is 3. The van der Waals surface area contributed by atoms with Crippen LogP contribution in [0.15, 0.2) is 132 Å². The van der Waals surface area contributed by atoms with E-state index < -0.39 is 0 Å². The van der Waals surface area contributed by atoms with Crippen LogP contribution in [-0.4, -0.2) is 0 Å². The van der Waals surface area contributed by atoms with Gasteiger partial charge in [-0.1, -0.05) is 107 Å². The topological polar surface area (TPSA) is 21.1 Å². The van der Waals surface area contributed by atoms with Crippen LogP contribution in [0.3, 0.4) is 0 Å². The summed E-state index contributed by atoms with van der Waals surface area (Å²) in [5.41, 5.74) is 13.7. The lowest BCUT2D eigenvalue weighted by Crippen LogP contribution is -2.63. The number of benzene rings is 4. The lowest BCUT2D eigenvalue weighted by atomic mass is 9.68. The monoisotopic (exact) mass is 680 g/mol. The van der Waals surface area contributed by atoms with Crippen LogP contribution in [0.5, 0.6) is 0 Å². The van der Waals surface area contributed by atoms with E-state index in [1.54, 1.807) is 0 Å². The summed E-state index contributed by atoms with van der Waals surface area (Å²) in [5, 5.41) is 4.80. The second-order valence-corrected chi connectivity index (χ2v) is 15.1. The summed E-state index contributed by atoms with van der Waals surface area (Å²) >= 11 is 0. The van der Waals surface area contributed by atoms with Gasteiger partial charge in [-0.05, 0) is 71.2 Å². The van der Waals surface area contributed by atoms with Crippen molar-refractivity contribution in [1.29, 1.82) is 0 Å². The molecule has 0 N–H and O–H groups in total. The Morgan fingerprint density at radius 3 is 2.23 bits per heavy atom. The van der Waals surface area contributed by atoms with E-state index in [1.165, 1.54) is 79.3 Å². The number of furan rings is 1. The van der Waals surface area contributed by atoms with E-state index in [1.807, 2.05) is 0 Å². The molecule has 9 rings (SSSR count). The molecule has 0 spiro atoms. The molecule has 5 heterocycles. The van der Waals surface area contributed by atoms with E-state index in [-0.39, 0.29) is 11.5 Å². The molecule has 0 bridgehead atoms. The number of fused-ring (bicyclic) bond motifs is 9. The zero-order valence-corrected chi connectivity index (χ0v) is 31.1. The van der Waals surface area contributed by atoms with Gasteiger partial charge in [0.05, 0.1) is 10.9 Å². The van der Waals surface area contributed by atoms with E-state index in [4.69, 9.17) is 4.42 Å². The highest BCUT2D eigenvalue weighted by atomic mass is 16.3. The minimum atomic E-state index is -0.206. The zero-order chi connectivity index (χ0) is 35.6. The van der Waals surface area contributed by atoms with E-state index in [2.05, 4.69) is 171 Å². The van der Waals surface area contributed by atoms with Gasteiger partial charge in [0.1, 0.15) is 17.1 Å². The minimum Gasteiger partial charge on any atom is -0.456 e. The van der Waals surface area contributed by atoms with E-state index in [9.17, 15) is 0 Å². The third-order valence-electron chi connectivity index (χ3n) is 12.5. The third kappa shape index (κ3) is 4.93. The Hall–Kier alpha value is -5.28. The van der Waals surface area contributed by atoms with Crippen LogP contribution in [0.25, 0.3) is 60.6 Å². The van der Waals surface area contributed by atoms with Crippen LogP contribution in [0, 0.1) is 12.8 Å². The number of aromatic nitrogens is 2. The Morgan fingerprint density at radius 1 is 0.692 bits per heavy atom. The molecule has 3 nitrogen and oxygen atoms in total. The van der Waals surface area contributed by atoms with Crippen molar-refractivity contribution in [3.63, 3.8) is 0 Å². The molecule has 0 saturated carbocycles. The van der Waals surface area contributed by atoms with Gasteiger partial charge in [0.25, 0.3) is 0 Å². The van der Waals surface area contributed by atoms with Crippen LogP contribution in [0.4, 0.5) is 0 Å². The maximum atomic E-state index is 6.47. The molecule has 52 heavy (non-hydrogen) atoms. The first-order valence-corrected chi connectivity index (χ1v) is 19.4. The molecular formula is C49H48N2O+2. The molecule has 4 aromatic carbocycles. The Bertz CT molecular complexity index is 2620. The van der Waals surface area contributed by atoms with Gasteiger partial charge in [0, 0.05) is 53.4 Å². The standard InChI is InChI=1S/C49H48N2O/c1-6-33(7-2)26-35-27-44-37-19-13-14-21-39(37)48(49(8-3,9-4)51(44)31-42(35)34-17-11-10-12-18-34)45-28-36-29-47-41(38-20-15-16-22-46(38)52-47)30-40(36)43-25-32(5)23-24-50(43)45/h10-25,27-31,33,48H,6-9,26H2,1-5H3/q+2. The number of hydrogen-bond donors (Lipinski definition) is 0. The van der Waals surface area contributed by atoms with Gasteiger partial charge in [0.15, 0.2) is 17.9 Å². The molecule has 8 aromatic rings. The summed E-state index contributed by atoms with van der Waals surface area (Å²) in [5.74, 6) is 0.761. The van der Waals surface area contributed by atoms with Crippen molar-refractivity contribution in [2.75, 3.05) is 0 Å². The van der Waals surface area contributed by atoms with Crippen molar-refractivity contribution in [2.45, 2.75) is 78.2 Å². The fourth-order valence-corrected chi connectivity index (χ4v) is 9.57. The second-order valence-electron chi connectivity index (χ2n) is 15.1. The van der Waals surface area contributed by atoms with Gasteiger partial charge >= 0.3 is 0 Å². The fraction of sp³-hybridized carbons (Fsp3) is 0.265. The molecule has 0 saturated heterocycles. The van der Waals surface area contributed by atoms with Crippen LogP contribution >= 0.6 is 0 Å². The smallest absolute Gasteiger partial charge is 0.219 e. The Labute approximate surface area is 307 Å². The highest BCUT2D eigenvalue weighted by Crippen LogP contribution is 2.49. The Kier molecular flexibility index (Phi) is 7.99. The zero-order valence-electron chi connectivity index (χ0n) is 31.1. The SMILES string of the molecule is CCC(CC)Cc1cc2[n+](cc1-c1ccccc1)C(CC)(CC)C(c1cc3cc4oc5ccccc5c4cc3c3cc(C)cc[n+]13)c1ccccc1-2. The average Bonchev–Trinajstić information content (AvgIpc) is 3.55. The van der Waals surface area contributed by atoms with E-state index >= 15 is 0 Å². The highest BCUT2D eigenvalue weighted by molar-refractivity contribution is 6.12. The minimum absolute atomic E-state index is 0.107. The van der Waals surface area contributed by atoms with Crippen LogP contribution in [-0.2, 0) is 12.0 Å². The molecular weight excluding hydrogens is 633 g/mol. The van der Waals surface area contributed by atoms with Gasteiger partial charge in [-0.15, -0.1) is 0 Å². The number of nitrogens with zero attached hydrogens (tertiary/aromatic N) is 2. The van der Waals surface area contributed by atoms with Crippen molar-refractivity contribution in [3.05, 3.63) is 150 Å². The lowest BCUT2D eigenvalue weighted by Gasteiger charge is -2.39. The van der Waals surface area contributed by atoms with E-state index in [0.29, 0.717) is 5.92 Å². The number of para-hydroxylation sites is 1. The Morgan fingerprint density at radius 2 is 1.44 bits per heavy atom. The maximum Gasteiger partial charge on any atom is 0.219 e. The van der Waals surface area contributed by atoms with Gasteiger partial charge in [-0.25, -0.2) is 0 Å². The summed E-state index contributed by atoms with van der Waals surface area (Å²) in [6, 6.07) is 43.0. The lowest BCUT2D eigenvalue weighted by molar-refractivity contribution is -0.763. The van der Waals surface area contributed by atoms with Crippen molar-refractivity contribution >= 4 is 38.2 Å². The first kappa shape index (κ1) is 32.6. The molecule has 1 atom stereocenters. The first-order valence-electron chi connectivity index (χ1n) is 19.4. The van der Waals surface area contributed by atoms with Crippen molar-refractivity contribution in [1.82, 2.24) is 0 Å². The molecule has 4 aromatic heterocycles. The molecule has 0 amide bonds. The number of hydrogen-bond acceptors (Lipinski definition) is 1. The average molecular weight is 681 g/mol. The number of rotatable bonds is 8. The van der Waals surface area contributed by atoms with Crippen molar-refractivity contribution in [2.24, 2.45) is 5.92 Å². The fourth-order valence-electron chi connectivity index (χ4n) is 9.57. The van der Waals surface area contributed by atoms with Crippen LogP contribution < -0.4 is 8.97 Å². The molecule has 0 aliphatic carbocycles. The number of aryl methyl sites for hydroxylation is 1. The normalized spacial score (nSPS) is 15.2. The molecule has 0 radical (unpaired) electrons. The summed E-state index contributed by atoms with van der Waals surface area (Å²) in [4.78, 5) is 0. The predicted octanol–water partition coefficient (Wildman–Crippen LogP) is 12.0. The summed E-state index contributed by atoms with van der Waals surface area (Å²) < 4.78 is 11.7. The maximum absolute atomic E-state index is 6.47. The van der Waals surface area contributed by atoms with Gasteiger partial charge in [-0.2, -0.15) is 8.97 Å². The summed E-state index contributed by atoms with van der Waals surface area (Å²) in [6.07, 6.45) is 10.3. The van der Waals surface area contributed by atoms with Crippen LogP contribution in [0.2, 0.25) is 0 Å². The van der Waals surface area contributed by atoms with Crippen molar-refractivity contribution < 1.29 is 13.4 Å². The third-order valence-corrected chi connectivity index (χ3v) is 12.5. The molecule has 1 aliphatic rings.